The van der Waals surface area contributed by atoms with E-state index >= 15 is 0 Å². The molecule has 3 aromatic rings. The molecule has 0 unspecified atom stereocenters. The number of fused-ring (bicyclic) bond motifs is 1. The number of amides is 1. The predicted molar refractivity (Wildman–Crippen MR) is 119 cm³/mol. The number of benzene rings is 2. The lowest BCUT2D eigenvalue weighted by Gasteiger charge is -2.18. The molecule has 1 atom stereocenters. The largest absolute Gasteiger partial charge is 0.493 e. The minimum absolute atomic E-state index is 0.205. The molecular formula is C23H27N3O5. The molecule has 8 heteroatoms. The summed E-state index contributed by atoms with van der Waals surface area (Å²) in [5.74, 6) is 0.752. The van der Waals surface area contributed by atoms with Crippen molar-refractivity contribution < 1.29 is 14.3 Å². The third-order valence-corrected chi connectivity index (χ3v) is 5.37. The summed E-state index contributed by atoms with van der Waals surface area (Å²) in [7, 11) is 3.08. The van der Waals surface area contributed by atoms with Crippen LogP contribution in [0.3, 0.4) is 0 Å². The van der Waals surface area contributed by atoms with Crippen LogP contribution in [-0.2, 0) is 17.9 Å². The van der Waals surface area contributed by atoms with Crippen molar-refractivity contribution in [3.05, 3.63) is 68.9 Å². The van der Waals surface area contributed by atoms with Gasteiger partial charge in [0.1, 0.15) is 6.54 Å². The average Bonchev–Trinajstić information content (AvgIpc) is 2.79. The van der Waals surface area contributed by atoms with E-state index in [-0.39, 0.29) is 30.6 Å². The fraction of sp³-hybridized carbons (Fsp3) is 0.348. The van der Waals surface area contributed by atoms with Crippen LogP contribution in [0.15, 0.2) is 52.1 Å². The highest BCUT2D eigenvalue weighted by Gasteiger charge is 2.18. The van der Waals surface area contributed by atoms with E-state index in [0.29, 0.717) is 28.8 Å². The maximum Gasteiger partial charge on any atom is 0.332 e. The molecule has 31 heavy (non-hydrogen) atoms. The molecule has 164 valence electrons. The lowest BCUT2D eigenvalue weighted by molar-refractivity contribution is -0.121. The topological polar surface area (TPSA) is 91.6 Å². The molecule has 1 amide bonds. The first-order valence-electron chi connectivity index (χ1n) is 10.1. The van der Waals surface area contributed by atoms with Crippen LogP contribution < -0.4 is 26.0 Å². The fourth-order valence-electron chi connectivity index (χ4n) is 3.55. The molecule has 0 fully saturated rings. The first-order valence-corrected chi connectivity index (χ1v) is 10.1. The minimum Gasteiger partial charge on any atom is -0.493 e. The maximum absolute atomic E-state index is 13.1. The van der Waals surface area contributed by atoms with Crippen molar-refractivity contribution >= 4 is 16.8 Å². The summed E-state index contributed by atoms with van der Waals surface area (Å²) in [6.45, 7) is 3.72. The van der Waals surface area contributed by atoms with Gasteiger partial charge in [0.15, 0.2) is 11.5 Å². The van der Waals surface area contributed by atoms with Crippen molar-refractivity contribution in [2.75, 3.05) is 14.2 Å². The molecule has 0 radical (unpaired) electrons. The summed E-state index contributed by atoms with van der Waals surface area (Å²) in [4.78, 5) is 38.7. The Morgan fingerprint density at radius 2 is 1.81 bits per heavy atom. The number of nitrogens with zero attached hydrogens (tertiary/aromatic N) is 2. The number of ether oxygens (including phenoxy) is 2. The Bertz CT molecular complexity index is 1210. The summed E-state index contributed by atoms with van der Waals surface area (Å²) in [5, 5.41) is 3.23. The van der Waals surface area contributed by atoms with Gasteiger partial charge in [-0.2, -0.15) is 0 Å². The number of carbonyl (C=O) groups is 1. The van der Waals surface area contributed by atoms with Gasteiger partial charge in [-0.1, -0.05) is 31.2 Å². The zero-order valence-corrected chi connectivity index (χ0v) is 18.2. The van der Waals surface area contributed by atoms with E-state index < -0.39 is 5.69 Å². The Morgan fingerprint density at radius 1 is 1.06 bits per heavy atom. The van der Waals surface area contributed by atoms with E-state index in [2.05, 4.69) is 5.32 Å². The number of para-hydroxylation sites is 2. The SMILES string of the molecule is CC[C@H](C)n1c(=O)c2ccccc2n(CC(=O)NCc2cccc(OC)c2OC)c1=O. The van der Waals surface area contributed by atoms with Gasteiger partial charge in [0.25, 0.3) is 5.56 Å². The van der Waals surface area contributed by atoms with E-state index in [1.54, 1.807) is 37.4 Å². The van der Waals surface area contributed by atoms with Crippen LogP contribution in [0.1, 0.15) is 31.9 Å². The summed E-state index contributed by atoms with van der Waals surface area (Å²) >= 11 is 0. The standard InChI is InChI=1S/C23H27N3O5/c1-5-15(2)26-22(28)17-10-6-7-11-18(17)25(23(26)29)14-20(27)24-13-16-9-8-12-19(30-3)21(16)31-4/h6-12,15H,5,13-14H2,1-4H3,(H,24,27)/t15-/m0/s1. The summed E-state index contributed by atoms with van der Waals surface area (Å²) < 4.78 is 13.2. The summed E-state index contributed by atoms with van der Waals surface area (Å²) in [6, 6.07) is 12.0. The van der Waals surface area contributed by atoms with Crippen molar-refractivity contribution in [1.29, 1.82) is 0 Å². The van der Waals surface area contributed by atoms with Gasteiger partial charge in [0, 0.05) is 18.2 Å². The third-order valence-electron chi connectivity index (χ3n) is 5.37. The predicted octanol–water partition coefficient (Wildman–Crippen LogP) is 2.47. The van der Waals surface area contributed by atoms with Crippen LogP contribution in [0.25, 0.3) is 10.9 Å². The van der Waals surface area contributed by atoms with Crippen LogP contribution in [0, 0.1) is 0 Å². The average molecular weight is 425 g/mol. The molecule has 1 N–H and O–H groups in total. The maximum atomic E-state index is 13.1. The van der Waals surface area contributed by atoms with E-state index in [9.17, 15) is 14.4 Å². The van der Waals surface area contributed by atoms with Crippen molar-refractivity contribution in [2.24, 2.45) is 0 Å². The second kappa shape index (κ2) is 9.51. The molecular weight excluding hydrogens is 398 g/mol. The number of rotatable bonds is 8. The molecule has 0 saturated carbocycles. The number of nitrogens with one attached hydrogen (secondary N) is 1. The van der Waals surface area contributed by atoms with Crippen LogP contribution >= 0.6 is 0 Å². The monoisotopic (exact) mass is 425 g/mol. The Kier molecular flexibility index (Phi) is 6.79. The number of hydrogen-bond donors (Lipinski definition) is 1. The Morgan fingerprint density at radius 3 is 2.48 bits per heavy atom. The van der Waals surface area contributed by atoms with E-state index in [1.165, 1.54) is 16.2 Å². The van der Waals surface area contributed by atoms with Crippen molar-refractivity contribution in [3.63, 3.8) is 0 Å². The van der Waals surface area contributed by atoms with Gasteiger partial charge in [-0.3, -0.25) is 18.7 Å². The van der Waals surface area contributed by atoms with Gasteiger partial charge in [0.2, 0.25) is 5.91 Å². The van der Waals surface area contributed by atoms with Crippen LogP contribution in [-0.4, -0.2) is 29.3 Å². The number of aromatic nitrogens is 2. The normalized spacial score (nSPS) is 11.9. The molecule has 3 rings (SSSR count). The zero-order chi connectivity index (χ0) is 22.5. The van der Waals surface area contributed by atoms with E-state index in [0.717, 1.165) is 5.56 Å². The third kappa shape index (κ3) is 4.33. The molecule has 0 aliphatic rings. The van der Waals surface area contributed by atoms with Crippen LogP contribution in [0.5, 0.6) is 11.5 Å². The zero-order valence-electron chi connectivity index (χ0n) is 18.2. The van der Waals surface area contributed by atoms with E-state index in [4.69, 9.17) is 9.47 Å². The molecule has 1 aromatic heterocycles. The second-order valence-electron chi connectivity index (χ2n) is 7.25. The van der Waals surface area contributed by atoms with Gasteiger partial charge < -0.3 is 14.8 Å². The number of carbonyl (C=O) groups excluding carboxylic acids is 1. The van der Waals surface area contributed by atoms with Gasteiger partial charge in [-0.15, -0.1) is 0 Å². The first kappa shape index (κ1) is 22.1. The first-order chi connectivity index (χ1) is 14.9. The van der Waals surface area contributed by atoms with Crippen molar-refractivity contribution in [3.8, 4) is 11.5 Å². The summed E-state index contributed by atoms with van der Waals surface area (Å²) in [6.07, 6.45) is 0.620. The van der Waals surface area contributed by atoms with Gasteiger partial charge in [0.05, 0.1) is 25.1 Å². The Hall–Kier alpha value is -3.55. The molecule has 2 aromatic carbocycles. The Balaban J connectivity index is 1.93. The molecule has 0 spiro atoms. The van der Waals surface area contributed by atoms with Crippen molar-refractivity contribution in [2.45, 2.75) is 39.4 Å². The fourth-order valence-corrected chi connectivity index (χ4v) is 3.55. The highest BCUT2D eigenvalue weighted by molar-refractivity contribution is 5.81. The Labute approximate surface area is 180 Å². The smallest absolute Gasteiger partial charge is 0.332 e. The van der Waals surface area contributed by atoms with Crippen molar-refractivity contribution in [1.82, 2.24) is 14.5 Å². The number of hydrogen-bond acceptors (Lipinski definition) is 5. The molecule has 0 saturated heterocycles. The van der Waals surface area contributed by atoms with Gasteiger partial charge in [-0.05, 0) is 31.5 Å². The second-order valence-corrected chi connectivity index (χ2v) is 7.25. The van der Waals surface area contributed by atoms with Crippen LogP contribution in [0.4, 0.5) is 0 Å². The van der Waals surface area contributed by atoms with E-state index in [1.807, 2.05) is 26.0 Å². The van der Waals surface area contributed by atoms with Gasteiger partial charge >= 0.3 is 5.69 Å². The lowest BCUT2D eigenvalue weighted by Crippen LogP contribution is -2.43. The highest BCUT2D eigenvalue weighted by Crippen LogP contribution is 2.30. The molecule has 8 nitrogen and oxygen atoms in total. The quantitative estimate of drug-likeness (QED) is 0.599. The molecule has 0 bridgehead atoms. The molecule has 0 aliphatic carbocycles. The van der Waals surface area contributed by atoms with Gasteiger partial charge in [-0.25, -0.2) is 4.79 Å². The summed E-state index contributed by atoms with van der Waals surface area (Å²) in [5.41, 5.74) is 0.350. The minimum atomic E-state index is -0.493. The molecule has 1 heterocycles. The highest BCUT2D eigenvalue weighted by atomic mass is 16.5. The van der Waals surface area contributed by atoms with Crippen LogP contribution in [0.2, 0.25) is 0 Å². The number of methoxy groups -OCH3 is 2. The molecule has 0 aliphatic heterocycles. The lowest BCUT2D eigenvalue weighted by atomic mass is 10.2.